The van der Waals surface area contributed by atoms with Gasteiger partial charge in [0.15, 0.2) is 0 Å². The van der Waals surface area contributed by atoms with Crippen molar-refractivity contribution in [3.05, 3.63) is 69.5 Å². The van der Waals surface area contributed by atoms with Crippen molar-refractivity contribution >= 4 is 29.4 Å². The fourth-order valence-electron chi connectivity index (χ4n) is 5.48. The smallest absolute Gasteiger partial charge is 0.450 e. The largest absolute Gasteiger partial charge is 0.506 e. The third-order valence-corrected chi connectivity index (χ3v) is 7.82. The molecule has 2 aliphatic rings. The molecule has 2 heterocycles. The van der Waals surface area contributed by atoms with E-state index in [0.717, 1.165) is 36.9 Å². The summed E-state index contributed by atoms with van der Waals surface area (Å²) in [6.07, 6.45) is 6.00. The fraction of sp³-hybridized carbons (Fsp3) is 0.444. The van der Waals surface area contributed by atoms with Crippen LogP contribution in [0.15, 0.2) is 47.0 Å². The monoisotopic (exact) mass is 529 g/mol. The van der Waals surface area contributed by atoms with Crippen molar-refractivity contribution in [3.63, 3.8) is 0 Å². The molecule has 1 aliphatic heterocycles. The van der Waals surface area contributed by atoms with Gasteiger partial charge in [0.1, 0.15) is 6.10 Å². The van der Waals surface area contributed by atoms with Gasteiger partial charge in [0.05, 0.1) is 0 Å². The number of rotatable bonds is 8. The number of aryl methyl sites for hydroxylation is 1. The van der Waals surface area contributed by atoms with Crippen LogP contribution in [-0.4, -0.2) is 45.5 Å². The number of nitrogens with zero attached hydrogens (tertiary/aromatic N) is 3. The topological polar surface area (TPSA) is 88.7 Å². The minimum atomic E-state index is -1.22. The number of carboxylic acid groups (broad SMARTS) is 1. The molecule has 0 bridgehead atoms. The molecule has 36 heavy (non-hydrogen) atoms. The van der Waals surface area contributed by atoms with E-state index in [2.05, 4.69) is 27.2 Å². The first-order valence-corrected chi connectivity index (χ1v) is 13.1. The summed E-state index contributed by atoms with van der Waals surface area (Å²) in [6.45, 7) is 1.98. The number of hydrogen-bond acceptors (Lipinski definition) is 6. The Labute approximate surface area is 220 Å². The van der Waals surface area contributed by atoms with Gasteiger partial charge in [0.25, 0.3) is 0 Å². The minimum Gasteiger partial charge on any atom is -0.450 e. The summed E-state index contributed by atoms with van der Waals surface area (Å²) in [5.74, 6) is 1.22. The average Bonchev–Trinajstić information content (AvgIpc) is 3.31. The predicted octanol–water partition coefficient (Wildman–Crippen LogP) is 6.76. The second kappa shape index (κ2) is 10.8. The maximum absolute atomic E-state index is 10.6. The molecule has 0 radical (unpaired) electrons. The number of benzene rings is 2. The van der Waals surface area contributed by atoms with Crippen LogP contribution in [0.5, 0.6) is 0 Å². The number of aromatic nitrogens is 2. The van der Waals surface area contributed by atoms with Crippen molar-refractivity contribution in [2.45, 2.75) is 63.0 Å². The van der Waals surface area contributed by atoms with E-state index in [1.54, 1.807) is 6.07 Å². The van der Waals surface area contributed by atoms with Crippen molar-refractivity contribution < 1.29 is 19.2 Å². The molecule has 0 unspecified atom stereocenters. The first kappa shape index (κ1) is 25.1. The molecular formula is C27H29Cl2N3O4. The van der Waals surface area contributed by atoms with Crippen LogP contribution < -0.4 is 0 Å². The Morgan fingerprint density at radius 1 is 1.08 bits per heavy atom. The van der Waals surface area contributed by atoms with Gasteiger partial charge < -0.3 is 14.4 Å². The molecule has 2 fully saturated rings. The Hall–Kier alpha value is -2.61. The van der Waals surface area contributed by atoms with Gasteiger partial charge in [-0.2, -0.15) is 4.98 Å². The molecule has 1 aromatic heterocycles. The molecule has 2 aromatic carbocycles. The van der Waals surface area contributed by atoms with Gasteiger partial charge in [-0.05, 0) is 54.0 Å². The Bertz CT molecular complexity index is 1180. The Morgan fingerprint density at radius 2 is 1.78 bits per heavy atom. The maximum atomic E-state index is 10.6. The van der Waals surface area contributed by atoms with Crippen molar-refractivity contribution in [1.29, 1.82) is 0 Å². The van der Waals surface area contributed by atoms with Crippen LogP contribution in [0.4, 0.5) is 4.79 Å². The zero-order chi connectivity index (χ0) is 25.1. The number of hydrogen-bond donors (Lipinski definition) is 1. The summed E-state index contributed by atoms with van der Waals surface area (Å²) >= 11 is 12.7. The molecule has 190 valence electrons. The van der Waals surface area contributed by atoms with Crippen molar-refractivity contribution in [1.82, 2.24) is 15.0 Å². The number of likely N-dealkylation sites (tertiary alicyclic amines) is 1. The Kier molecular flexibility index (Phi) is 7.51. The van der Waals surface area contributed by atoms with Crippen LogP contribution in [0, 0.1) is 0 Å². The van der Waals surface area contributed by atoms with Gasteiger partial charge in [0, 0.05) is 41.7 Å². The normalized spacial score (nSPS) is 18.1. The third kappa shape index (κ3) is 5.85. The van der Waals surface area contributed by atoms with E-state index in [0.29, 0.717) is 41.3 Å². The highest BCUT2D eigenvalue weighted by Gasteiger charge is 2.35. The van der Waals surface area contributed by atoms with Crippen LogP contribution >= 0.6 is 23.2 Å². The van der Waals surface area contributed by atoms with E-state index in [1.165, 1.54) is 24.8 Å². The SMILES string of the molecule is O=C(O)OC1CN(Cc2ccc(-c3noc(CCC4(c5cc(Cl)cc(Cl)c5)CCCCC4)n3)cc2)C1. The Balaban J connectivity index is 1.21. The number of halogens is 2. The summed E-state index contributed by atoms with van der Waals surface area (Å²) in [5.41, 5.74) is 3.27. The van der Waals surface area contributed by atoms with Gasteiger partial charge >= 0.3 is 6.16 Å². The van der Waals surface area contributed by atoms with Gasteiger partial charge in [-0.25, -0.2) is 4.79 Å². The second-order valence-corrected chi connectivity index (χ2v) is 10.8. The van der Waals surface area contributed by atoms with Crippen molar-refractivity contribution in [3.8, 4) is 11.4 Å². The second-order valence-electron chi connectivity index (χ2n) is 9.91. The molecule has 0 spiro atoms. The summed E-state index contributed by atoms with van der Waals surface area (Å²) in [7, 11) is 0. The first-order valence-electron chi connectivity index (χ1n) is 12.4. The molecule has 0 amide bonds. The molecule has 1 saturated carbocycles. The first-order chi connectivity index (χ1) is 17.4. The van der Waals surface area contributed by atoms with E-state index in [-0.39, 0.29) is 11.5 Å². The summed E-state index contributed by atoms with van der Waals surface area (Å²) in [6, 6.07) is 14.0. The third-order valence-electron chi connectivity index (χ3n) is 7.38. The van der Waals surface area contributed by atoms with Gasteiger partial charge in [-0.15, -0.1) is 0 Å². The van der Waals surface area contributed by atoms with Crippen LogP contribution in [0.3, 0.4) is 0 Å². The van der Waals surface area contributed by atoms with Crippen molar-refractivity contribution in [2.75, 3.05) is 13.1 Å². The molecule has 5 rings (SSSR count). The zero-order valence-corrected chi connectivity index (χ0v) is 21.5. The highest BCUT2D eigenvalue weighted by Crippen LogP contribution is 2.44. The molecule has 9 heteroatoms. The summed E-state index contributed by atoms with van der Waals surface area (Å²) in [5, 5.41) is 14.2. The lowest BCUT2D eigenvalue weighted by molar-refractivity contribution is -0.0363. The van der Waals surface area contributed by atoms with E-state index < -0.39 is 6.16 Å². The minimum absolute atomic E-state index is 0.0223. The van der Waals surface area contributed by atoms with Crippen LogP contribution in [0.2, 0.25) is 10.0 Å². The van der Waals surface area contributed by atoms with Crippen LogP contribution in [0.1, 0.15) is 55.5 Å². The quantitative estimate of drug-likeness (QED) is 0.322. The molecule has 0 atom stereocenters. The highest BCUT2D eigenvalue weighted by molar-refractivity contribution is 6.34. The standard InChI is InChI=1S/C27H29Cl2N3O4/c28-21-12-20(13-22(29)14-21)27(9-2-1-3-10-27)11-8-24-30-25(31-36-24)19-6-4-18(5-7-19)15-32-16-23(17-32)35-26(33)34/h4-7,12-14,23H,1-3,8-11,15-17H2,(H,33,34). The van der Waals surface area contributed by atoms with Crippen LogP contribution in [-0.2, 0) is 23.1 Å². The average molecular weight is 530 g/mol. The van der Waals surface area contributed by atoms with E-state index >= 15 is 0 Å². The number of carbonyl (C=O) groups is 1. The zero-order valence-electron chi connectivity index (χ0n) is 20.0. The lowest BCUT2D eigenvalue weighted by atomic mass is 9.67. The molecule has 1 saturated heterocycles. The maximum Gasteiger partial charge on any atom is 0.506 e. The number of ether oxygens (including phenoxy) is 1. The Morgan fingerprint density at radius 3 is 2.44 bits per heavy atom. The lowest BCUT2D eigenvalue weighted by Crippen LogP contribution is -2.52. The molecule has 3 aromatic rings. The van der Waals surface area contributed by atoms with E-state index in [9.17, 15) is 4.79 Å². The van der Waals surface area contributed by atoms with E-state index in [4.69, 9.17) is 37.6 Å². The molecule has 7 nitrogen and oxygen atoms in total. The molecule has 1 N–H and O–H groups in total. The highest BCUT2D eigenvalue weighted by atomic mass is 35.5. The van der Waals surface area contributed by atoms with Crippen molar-refractivity contribution in [2.24, 2.45) is 0 Å². The molecular weight excluding hydrogens is 501 g/mol. The lowest BCUT2D eigenvalue weighted by Gasteiger charge is -2.38. The van der Waals surface area contributed by atoms with E-state index in [1.807, 2.05) is 24.3 Å². The van der Waals surface area contributed by atoms with Gasteiger partial charge in [-0.3, -0.25) is 4.90 Å². The summed E-state index contributed by atoms with van der Waals surface area (Å²) < 4.78 is 10.4. The van der Waals surface area contributed by atoms with Gasteiger partial charge in [-0.1, -0.05) is 71.9 Å². The predicted molar refractivity (Wildman–Crippen MR) is 137 cm³/mol. The summed E-state index contributed by atoms with van der Waals surface area (Å²) in [4.78, 5) is 17.4. The van der Waals surface area contributed by atoms with Gasteiger partial charge in [0.2, 0.25) is 11.7 Å². The fourth-order valence-corrected chi connectivity index (χ4v) is 6.00. The van der Waals surface area contributed by atoms with Crippen LogP contribution in [0.25, 0.3) is 11.4 Å². The molecule has 1 aliphatic carbocycles.